The number of carboxylic acids is 1. The number of alkyl carbamates (subject to hydrolysis) is 1. The summed E-state index contributed by atoms with van der Waals surface area (Å²) in [7, 11) is 6.52. The van der Waals surface area contributed by atoms with Crippen molar-refractivity contribution in [3.8, 4) is 0 Å². The van der Waals surface area contributed by atoms with E-state index >= 15 is 0 Å². The molecule has 24 heteroatoms. The summed E-state index contributed by atoms with van der Waals surface area (Å²) < 4.78 is 58.2. The first-order valence-electron chi connectivity index (χ1n) is 28.0. The summed E-state index contributed by atoms with van der Waals surface area (Å²) in [6, 6.07) is 3.25. The lowest BCUT2D eigenvalue weighted by Crippen LogP contribution is -2.61. The molecular weight excluding hydrogens is 1080 g/mol. The molecule has 18 atom stereocenters. The minimum absolute atomic E-state index is 0.0171. The number of aromatic nitrogens is 1. The molecule has 4 aliphatic rings. The fraction of sp³-hybridized carbons (Fsp3) is 0.772. The van der Waals surface area contributed by atoms with Crippen LogP contribution >= 0.6 is 11.8 Å². The average molecular weight is 1170 g/mol. The summed E-state index contributed by atoms with van der Waals surface area (Å²) in [4.78, 5) is 61.2. The predicted octanol–water partition coefficient (Wildman–Crippen LogP) is 5.00. The number of thioether (sulfide) groups is 1. The lowest BCUT2D eigenvalue weighted by molar-refractivity contribution is -0.317. The number of aliphatic hydroxyl groups is 4. The smallest absolute Gasteiger partial charge is 0.407 e. The molecule has 0 spiro atoms. The Morgan fingerprint density at radius 3 is 2.26 bits per heavy atom. The summed E-state index contributed by atoms with van der Waals surface area (Å²) in [5.41, 5.74) is -5.05. The number of cyclic esters (lactones) is 1. The van der Waals surface area contributed by atoms with Gasteiger partial charge in [0.05, 0.1) is 73.1 Å². The number of benzene rings is 1. The zero-order chi connectivity index (χ0) is 60.3. The van der Waals surface area contributed by atoms with Gasteiger partial charge < -0.3 is 87.8 Å². The van der Waals surface area contributed by atoms with Crippen LogP contribution in [0, 0.1) is 23.7 Å². The van der Waals surface area contributed by atoms with Crippen molar-refractivity contribution >= 4 is 46.4 Å². The van der Waals surface area contributed by atoms with Crippen molar-refractivity contribution in [2.75, 3.05) is 53.8 Å². The molecule has 6 N–H and O–H groups in total. The van der Waals surface area contributed by atoms with Gasteiger partial charge >= 0.3 is 18.0 Å². The maximum absolute atomic E-state index is 14.6. The average Bonchev–Trinajstić information content (AvgIpc) is 3.60. The van der Waals surface area contributed by atoms with Crippen LogP contribution in [-0.4, -0.2) is 197 Å². The molecule has 1 aromatic carbocycles. The van der Waals surface area contributed by atoms with Crippen molar-refractivity contribution in [1.82, 2.24) is 14.8 Å². The molecule has 458 valence electrons. The Kier molecular flexibility index (Phi) is 22.0. The Bertz CT molecular complexity index is 2600. The number of ether oxygens (including phenoxy) is 9. The Morgan fingerprint density at radius 2 is 1.63 bits per heavy atom. The molecule has 23 nitrogen and oxygen atoms in total. The summed E-state index contributed by atoms with van der Waals surface area (Å²) in [5.74, 6) is -5.14. The number of rotatable bonds is 17. The van der Waals surface area contributed by atoms with E-state index in [1.807, 2.05) is 52.8 Å². The van der Waals surface area contributed by atoms with E-state index in [4.69, 9.17) is 47.5 Å². The van der Waals surface area contributed by atoms with Crippen molar-refractivity contribution in [2.24, 2.45) is 28.8 Å². The minimum Gasteiger partial charge on any atom is -0.477 e. The molecule has 3 saturated heterocycles. The van der Waals surface area contributed by atoms with Crippen LogP contribution in [-0.2, 0) is 64.6 Å². The number of pyridine rings is 1. The fourth-order valence-electron chi connectivity index (χ4n) is 12.2. The highest BCUT2D eigenvalue weighted by Crippen LogP contribution is 2.42. The summed E-state index contributed by atoms with van der Waals surface area (Å²) in [6.45, 7) is 21.2. The highest BCUT2D eigenvalue weighted by atomic mass is 32.2. The number of esters is 1. The van der Waals surface area contributed by atoms with Gasteiger partial charge in [-0.2, -0.15) is 0 Å². The van der Waals surface area contributed by atoms with E-state index in [9.17, 15) is 44.7 Å². The van der Waals surface area contributed by atoms with E-state index in [0.717, 1.165) is 10.5 Å². The van der Waals surface area contributed by atoms with Crippen LogP contribution in [0.2, 0.25) is 0 Å². The van der Waals surface area contributed by atoms with E-state index in [2.05, 4.69) is 10.5 Å². The largest absolute Gasteiger partial charge is 0.477 e. The van der Waals surface area contributed by atoms with Gasteiger partial charge in [-0.25, -0.2) is 9.59 Å². The summed E-state index contributed by atoms with van der Waals surface area (Å²) >= 11 is 1.43. The van der Waals surface area contributed by atoms with Gasteiger partial charge in [0.1, 0.15) is 41.8 Å². The number of hydrogen-bond acceptors (Lipinski definition) is 21. The molecule has 3 fully saturated rings. The van der Waals surface area contributed by atoms with Crippen LogP contribution in [0.1, 0.15) is 125 Å². The molecular formula is C57H90N4O19S. The number of aliphatic hydroxyl groups excluding tert-OH is 2. The molecule has 81 heavy (non-hydrogen) atoms. The van der Waals surface area contributed by atoms with Gasteiger partial charge in [-0.3, -0.25) is 9.59 Å². The predicted molar refractivity (Wildman–Crippen MR) is 299 cm³/mol. The molecule has 0 saturated carbocycles. The zero-order valence-electron chi connectivity index (χ0n) is 50.0. The topological polar surface area (TPSA) is 294 Å². The normalized spacial score (nSPS) is 37.4. The van der Waals surface area contributed by atoms with Gasteiger partial charge in [0.2, 0.25) is 5.43 Å². The second-order valence-corrected chi connectivity index (χ2v) is 25.0. The van der Waals surface area contributed by atoms with E-state index in [1.54, 1.807) is 59.1 Å². The summed E-state index contributed by atoms with van der Waals surface area (Å²) in [6.07, 6.45) is -9.67. The summed E-state index contributed by atoms with van der Waals surface area (Å²) in [5, 5.41) is 65.6. The highest BCUT2D eigenvalue weighted by Gasteiger charge is 2.54. The molecule has 0 aliphatic carbocycles. The van der Waals surface area contributed by atoms with Gasteiger partial charge in [0.15, 0.2) is 18.7 Å². The standard InChI is InChI=1S/C57H90N4O19S/c1-17-40-57(12,70)47(64)31(4)42(59-72-16)29(2)25-55(10,69)48(79-52-45(63)39(60(13)14)22-30(3)75-52)32(5)46(33(6)51(67)77-40)78-41-26-56(11,71-15)49(34(7)76-41)80-53(68)58-18-19-73-20-21-81-36-23-35-28-74-54(8,9)61-27-38(50(65)66)44(62)37(24-36)43(35)61/h23-24,27,29-34,39-41,45-49,52,63-64,69-70H,17-22,25-26,28H2,1-16H3,(H,58,68)(H,65,66)/t29-,30-,31+,32+,33-,34+,39+,40-,41+,45-,46+,47-,48-,49+,52?,55-,56-,57-/m1/s1. The van der Waals surface area contributed by atoms with Crippen molar-refractivity contribution in [3.05, 3.63) is 39.7 Å². The Balaban J connectivity index is 1.17. The van der Waals surface area contributed by atoms with Gasteiger partial charge in [0, 0.05) is 71.7 Å². The maximum atomic E-state index is 14.6. The van der Waals surface area contributed by atoms with Crippen molar-refractivity contribution in [1.29, 1.82) is 0 Å². The second-order valence-electron chi connectivity index (χ2n) is 23.8. The maximum Gasteiger partial charge on any atom is 0.407 e. The number of hydrogen-bond donors (Lipinski definition) is 6. The fourth-order valence-corrected chi connectivity index (χ4v) is 13.1. The number of nitrogens with one attached hydrogen (secondary N) is 1. The number of likely N-dealkylation sites (N-methyl/N-ethyl adjacent to an activating group) is 1. The van der Waals surface area contributed by atoms with Crippen LogP contribution in [0.5, 0.6) is 0 Å². The third-order valence-electron chi connectivity index (χ3n) is 16.8. The Labute approximate surface area is 479 Å². The second kappa shape index (κ2) is 26.9. The minimum atomic E-state index is -1.99. The van der Waals surface area contributed by atoms with Gasteiger partial charge in [-0.15, -0.1) is 11.8 Å². The number of carbonyl (C=O) groups excluding carboxylic acids is 2. The van der Waals surface area contributed by atoms with E-state index in [1.165, 1.54) is 39.1 Å². The molecule has 0 bridgehead atoms. The molecule has 6 rings (SSSR count). The number of nitrogens with zero attached hydrogens (tertiary/aromatic N) is 3. The first-order chi connectivity index (χ1) is 37.8. The molecule has 0 radical (unpaired) electrons. The third kappa shape index (κ3) is 14.7. The van der Waals surface area contributed by atoms with E-state index in [0.29, 0.717) is 28.8 Å². The van der Waals surface area contributed by atoms with Crippen molar-refractivity contribution in [2.45, 2.75) is 210 Å². The van der Waals surface area contributed by atoms with Crippen LogP contribution in [0.4, 0.5) is 4.79 Å². The Morgan fingerprint density at radius 1 is 0.938 bits per heavy atom. The molecule has 1 aromatic heterocycles. The lowest BCUT2D eigenvalue weighted by Gasteiger charge is -2.49. The molecule has 2 aromatic rings. The quantitative estimate of drug-likeness (QED) is 0.0526. The van der Waals surface area contributed by atoms with Crippen LogP contribution in [0.15, 0.2) is 33.2 Å². The molecule has 4 aliphatic heterocycles. The number of carbonyl (C=O) groups is 3. The van der Waals surface area contributed by atoms with Crippen LogP contribution < -0.4 is 10.7 Å². The van der Waals surface area contributed by atoms with Crippen LogP contribution in [0.25, 0.3) is 10.9 Å². The van der Waals surface area contributed by atoms with Crippen LogP contribution in [0.3, 0.4) is 0 Å². The van der Waals surface area contributed by atoms with E-state index < -0.39 is 125 Å². The number of carboxylic acid groups (broad SMARTS) is 1. The monoisotopic (exact) mass is 1170 g/mol. The number of methoxy groups -OCH3 is 1. The Hall–Kier alpha value is -4.02. The van der Waals surface area contributed by atoms with E-state index in [-0.39, 0.29) is 63.3 Å². The lowest BCUT2D eigenvalue weighted by atomic mass is 9.73. The first kappa shape index (κ1) is 66.1. The molecule has 1 unspecified atom stereocenters. The molecule has 5 heterocycles. The number of aromatic carboxylic acids is 1. The first-order valence-corrected chi connectivity index (χ1v) is 29.0. The number of amides is 1. The van der Waals surface area contributed by atoms with Crippen molar-refractivity contribution < 1.29 is 87.4 Å². The van der Waals surface area contributed by atoms with Gasteiger partial charge in [-0.05, 0) is 101 Å². The van der Waals surface area contributed by atoms with Gasteiger partial charge in [-0.1, -0.05) is 32.9 Å². The zero-order valence-corrected chi connectivity index (χ0v) is 50.8. The SMILES string of the molecule is CC[C@H]1OC(=O)[C@H](C)[C@@H](O[C@H]2C[C@@](C)(OC)[C@@H](OC(=O)NCCOCCSc3cc4c5c(c3)c(=O)c(C(=O)O)cn5C(C)(C)OC4)[C@H](C)O2)[C@H](C)[C@@H](OC2O[C@H](C)C[C@H](N(C)C)[C@H]2O)[C@](C)(O)C[C@@H](C)C(=NOC)[C@H](C)[C@@H](O)[C@]1(C)O. The number of oxime groups is 1. The third-order valence-corrected chi connectivity index (χ3v) is 17.7. The molecule has 1 amide bonds. The highest BCUT2D eigenvalue weighted by molar-refractivity contribution is 7.99. The van der Waals surface area contributed by atoms with Gasteiger partial charge in [0.25, 0.3) is 0 Å². The van der Waals surface area contributed by atoms with Crippen molar-refractivity contribution in [3.63, 3.8) is 0 Å².